The highest BCUT2D eigenvalue weighted by Crippen LogP contribution is 2.40. The maximum Gasteiger partial charge on any atom is 0.192 e. The summed E-state index contributed by atoms with van der Waals surface area (Å²) in [6, 6.07) is 12.6. The Hall–Kier alpha value is -1.30. The molecule has 0 saturated carbocycles. The Bertz CT molecular complexity index is 677. The smallest absolute Gasteiger partial charge is 0.192 e. The summed E-state index contributed by atoms with van der Waals surface area (Å²) in [5, 5.41) is 6.08. The van der Waals surface area contributed by atoms with Gasteiger partial charge in [0.2, 0.25) is 0 Å². The van der Waals surface area contributed by atoms with Crippen LogP contribution in [0.2, 0.25) is 18.1 Å². The third-order valence-electron chi connectivity index (χ3n) is 5.46. The van der Waals surface area contributed by atoms with Gasteiger partial charge in [0.1, 0.15) is 5.75 Å². The van der Waals surface area contributed by atoms with Crippen LogP contribution in [0.1, 0.15) is 51.5 Å². The lowest BCUT2D eigenvalue weighted by atomic mass is 10.0. The first-order valence-corrected chi connectivity index (χ1v) is 13.6. The topological polar surface area (TPSA) is 30.5 Å². The summed E-state index contributed by atoms with van der Waals surface area (Å²) in [5.74, 6) is 0.871. The Kier molecular flexibility index (Phi) is 7.54. The SMILES string of the molecule is CCC[C@H](O[Si](C)(C)C(C)(C)C)[C@H](Nc1ccc(OC)cc1)c1cccs1. The van der Waals surface area contributed by atoms with E-state index in [1.807, 2.05) is 12.1 Å². The van der Waals surface area contributed by atoms with Gasteiger partial charge in [-0.15, -0.1) is 11.3 Å². The van der Waals surface area contributed by atoms with Crippen molar-refractivity contribution < 1.29 is 9.16 Å². The molecule has 0 unspecified atom stereocenters. The number of hydrogen-bond acceptors (Lipinski definition) is 4. The molecule has 150 valence electrons. The average molecular weight is 406 g/mol. The van der Waals surface area contributed by atoms with Crippen molar-refractivity contribution in [2.75, 3.05) is 12.4 Å². The molecule has 2 rings (SSSR count). The molecular weight excluding hydrogens is 370 g/mol. The summed E-state index contributed by atoms with van der Waals surface area (Å²) >= 11 is 1.79. The predicted octanol–water partition coefficient (Wildman–Crippen LogP) is 7.10. The Labute approximate surface area is 170 Å². The standard InChI is InChI=1S/C22H35NO2SSi/c1-8-10-19(25-27(6,7)22(2,3)4)21(20-11-9-16-26-20)23-17-12-14-18(24-5)15-13-17/h9,11-16,19,21,23H,8,10H2,1-7H3/t19-,21-/m0/s1. The van der Waals surface area contributed by atoms with Gasteiger partial charge in [0.05, 0.1) is 19.3 Å². The largest absolute Gasteiger partial charge is 0.497 e. The molecule has 0 aliphatic heterocycles. The normalized spacial score (nSPS) is 14.6. The van der Waals surface area contributed by atoms with E-state index in [0.29, 0.717) is 0 Å². The number of methoxy groups -OCH3 is 1. The molecule has 0 aliphatic carbocycles. The minimum Gasteiger partial charge on any atom is -0.497 e. The summed E-state index contributed by atoms with van der Waals surface area (Å²) in [7, 11) is -0.172. The first-order chi connectivity index (χ1) is 12.7. The van der Waals surface area contributed by atoms with Gasteiger partial charge in [0.25, 0.3) is 0 Å². The molecule has 27 heavy (non-hydrogen) atoms. The van der Waals surface area contributed by atoms with Gasteiger partial charge in [-0.25, -0.2) is 0 Å². The Balaban J connectivity index is 2.31. The van der Waals surface area contributed by atoms with Gasteiger partial charge >= 0.3 is 0 Å². The van der Waals surface area contributed by atoms with E-state index in [1.165, 1.54) is 4.88 Å². The van der Waals surface area contributed by atoms with Crippen LogP contribution < -0.4 is 10.1 Å². The van der Waals surface area contributed by atoms with Crippen LogP contribution >= 0.6 is 11.3 Å². The van der Waals surface area contributed by atoms with Gasteiger partial charge in [0.15, 0.2) is 8.32 Å². The third kappa shape index (κ3) is 5.83. The van der Waals surface area contributed by atoms with Crippen molar-refractivity contribution in [1.29, 1.82) is 0 Å². The van der Waals surface area contributed by atoms with E-state index in [4.69, 9.17) is 9.16 Å². The molecule has 2 aromatic rings. The van der Waals surface area contributed by atoms with Gasteiger partial charge in [-0.2, -0.15) is 0 Å². The predicted molar refractivity (Wildman–Crippen MR) is 121 cm³/mol. The maximum atomic E-state index is 6.90. The monoisotopic (exact) mass is 405 g/mol. The van der Waals surface area contributed by atoms with Gasteiger partial charge in [-0.3, -0.25) is 0 Å². The maximum absolute atomic E-state index is 6.90. The van der Waals surface area contributed by atoms with E-state index in [0.717, 1.165) is 24.3 Å². The zero-order valence-corrected chi connectivity index (χ0v) is 19.7. The van der Waals surface area contributed by atoms with Crippen molar-refractivity contribution in [3.05, 3.63) is 46.7 Å². The van der Waals surface area contributed by atoms with E-state index in [-0.39, 0.29) is 17.2 Å². The molecule has 0 aliphatic rings. The highest BCUT2D eigenvalue weighted by Gasteiger charge is 2.41. The fourth-order valence-electron chi connectivity index (χ4n) is 2.82. The van der Waals surface area contributed by atoms with Gasteiger partial charge in [-0.05, 0) is 60.3 Å². The first-order valence-electron chi connectivity index (χ1n) is 9.79. The molecule has 1 aromatic carbocycles. The molecule has 1 N–H and O–H groups in total. The van der Waals surface area contributed by atoms with Gasteiger partial charge in [0, 0.05) is 10.6 Å². The third-order valence-corrected chi connectivity index (χ3v) is 10.9. The fraction of sp³-hybridized carbons (Fsp3) is 0.545. The number of anilines is 1. The van der Waals surface area contributed by atoms with E-state index in [1.54, 1.807) is 18.4 Å². The number of benzene rings is 1. The van der Waals surface area contributed by atoms with E-state index in [2.05, 4.69) is 75.8 Å². The molecule has 0 amide bonds. The van der Waals surface area contributed by atoms with E-state index in [9.17, 15) is 0 Å². The molecule has 0 spiro atoms. The number of nitrogens with one attached hydrogen (secondary N) is 1. The van der Waals surface area contributed by atoms with Crippen molar-refractivity contribution in [3.8, 4) is 5.75 Å². The van der Waals surface area contributed by atoms with Crippen LogP contribution in [0.15, 0.2) is 41.8 Å². The zero-order valence-electron chi connectivity index (χ0n) is 17.8. The summed E-state index contributed by atoms with van der Waals surface area (Å²) in [5.41, 5.74) is 1.09. The molecule has 0 radical (unpaired) electrons. The minimum absolute atomic E-state index is 0.146. The van der Waals surface area contributed by atoms with Crippen LogP contribution in [-0.4, -0.2) is 21.5 Å². The summed E-state index contributed by atoms with van der Waals surface area (Å²) in [6.45, 7) is 13.8. The van der Waals surface area contributed by atoms with Crippen molar-refractivity contribution >= 4 is 25.3 Å². The van der Waals surface area contributed by atoms with Crippen LogP contribution in [-0.2, 0) is 4.43 Å². The lowest BCUT2D eigenvalue weighted by Crippen LogP contribution is -2.46. The molecular formula is C22H35NO2SSi. The molecule has 0 bridgehead atoms. The molecule has 3 nitrogen and oxygen atoms in total. The highest BCUT2D eigenvalue weighted by molar-refractivity contribution is 7.10. The number of rotatable bonds is 9. The second kappa shape index (κ2) is 9.26. The Morgan fingerprint density at radius 3 is 2.26 bits per heavy atom. The highest BCUT2D eigenvalue weighted by atomic mass is 32.1. The number of ether oxygens (including phenoxy) is 1. The second-order valence-electron chi connectivity index (χ2n) is 8.57. The van der Waals surface area contributed by atoms with Gasteiger partial charge in [-0.1, -0.05) is 40.2 Å². The van der Waals surface area contributed by atoms with E-state index < -0.39 is 8.32 Å². The fourth-order valence-corrected chi connectivity index (χ4v) is 5.01. The van der Waals surface area contributed by atoms with Crippen LogP contribution in [0.25, 0.3) is 0 Å². The van der Waals surface area contributed by atoms with Crippen LogP contribution in [0, 0.1) is 0 Å². The Morgan fingerprint density at radius 1 is 1.11 bits per heavy atom. The lowest BCUT2D eigenvalue weighted by molar-refractivity contribution is 0.150. The molecule has 5 heteroatoms. The summed E-state index contributed by atoms with van der Waals surface area (Å²) in [6.07, 6.45) is 2.29. The molecule has 0 fully saturated rings. The van der Waals surface area contributed by atoms with Gasteiger partial charge < -0.3 is 14.5 Å². The molecule has 1 heterocycles. The summed E-state index contributed by atoms with van der Waals surface area (Å²) in [4.78, 5) is 1.32. The molecule has 2 atom stereocenters. The molecule has 0 saturated heterocycles. The zero-order chi connectivity index (χ0) is 20.1. The Morgan fingerprint density at radius 2 is 1.78 bits per heavy atom. The first kappa shape index (κ1) is 22.0. The van der Waals surface area contributed by atoms with Crippen molar-refractivity contribution in [3.63, 3.8) is 0 Å². The van der Waals surface area contributed by atoms with Crippen molar-refractivity contribution in [2.24, 2.45) is 0 Å². The molecule has 1 aromatic heterocycles. The van der Waals surface area contributed by atoms with Crippen LogP contribution in [0.4, 0.5) is 5.69 Å². The van der Waals surface area contributed by atoms with Crippen LogP contribution in [0.3, 0.4) is 0 Å². The second-order valence-corrected chi connectivity index (χ2v) is 14.3. The average Bonchev–Trinajstić information content (AvgIpc) is 3.13. The minimum atomic E-state index is -1.87. The van der Waals surface area contributed by atoms with Crippen LogP contribution in [0.5, 0.6) is 5.75 Å². The van der Waals surface area contributed by atoms with Crippen molar-refractivity contribution in [2.45, 2.75) is 70.8 Å². The quantitative estimate of drug-likeness (QED) is 0.451. The number of hydrogen-bond donors (Lipinski definition) is 1. The lowest BCUT2D eigenvalue weighted by Gasteiger charge is -2.41. The number of thiophene rings is 1. The van der Waals surface area contributed by atoms with Crippen molar-refractivity contribution in [1.82, 2.24) is 0 Å². The summed E-state index contributed by atoms with van der Waals surface area (Å²) < 4.78 is 12.2. The van der Waals surface area contributed by atoms with E-state index >= 15 is 0 Å².